The number of rotatable bonds is 11. The Hall–Kier alpha value is -3.02. The van der Waals surface area contributed by atoms with E-state index in [0.29, 0.717) is 23.3 Å². The second-order valence-corrected chi connectivity index (χ2v) is 13.8. The lowest BCUT2D eigenvalue weighted by Gasteiger charge is -2.26. The van der Waals surface area contributed by atoms with Gasteiger partial charge in [-0.1, -0.05) is 84.6 Å². The number of hydrogen-bond acceptors (Lipinski definition) is 4. The Balaban J connectivity index is 1.10. The Kier molecular flexibility index (Phi) is 11.2. The fraction of sp³-hybridized carbons (Fsp3) is 0.400. The molecule has 0 atom stereocenters. The third-order valence-corrected chi connectivity index (χ3v) is 10.2. The molecule has 0 aliphatic carbocycles. The van der Waals surface area contributed by atoms with Crippen molar-refractivity contribution in [2.45, 2.75) is 78.7 Å². The van der Waals surface area contributed by atoms with E-state index in [4.69, 9.17) is 32.7 Å². The summed E-state index contributed by atoms with van der Waals surface area (Å²) in [6.07, 6.45) is 7.82. The largest absolute Gasteiger partial charge is 0.487 e. The van der Waals surface area contributed by atoms with Gasteiger partial charge in [0.15, 0.2) is 0 Å². The van der Waals surface area contributed by atoms with Gasteiger partial charge in [0.1, 0.15) is 24.7 Å². The molecule has 6 rings (SSSR count). The zero-order valence-corrected chi connectivity index (χ0v) is 28.8. The van der Waals surface area contributed by atoms with Crippen LogP contribution in [0.3, 0.4) is 0 Å². The summed E-state index contributed by atoms with van der Waals surface area (Å²) in [5.74, 6) is 1.45. The van der Waals surface area contributed by atoms with Gasteiger partial charge in [-0.3, -0.25) is 9.80 Å². The summed E-state index contributed by atoms with van der Waals surface area (Å²) in [6.45, 7) is 11.8. The topological polar surface area (TPSA) is 24.9 Å². The van der Waals surface area contributed by atoms with Crippen LogP contribution in [0.1, 0.15) is 71.9 Å². The van der Waals surface area contributed by atoms with Crippen LogP contribution in [0.4, 0.5) is 0 Å². The lowest BCUT2D eigenvalue weighted by Crippen LogP contribution is -2.29. The van der Waals surface area contributed by atoms with Gasteiger partial charge in [-0.05, 0) is 134 Å². The van der Waals surface area contributed by atoms with E-state index in [-0.39, 0.29) is 0 Å². The normalized spacial score (nSPS) is 16.0. The van der Waals surface area contributed by atoms with Crippen molar-refractivity contribution in [2.24, 2.45) is 0 Å². The van der Waals surface area contributed by atoms with Crippen LogP contribution in [0.25, 0.3) is 11.1 Å². The van der Waals surface area contributed by atoms with Gasteiger partial charge in [-0.2, -0.15) is 0 Å². The van der Waals surface area contributed by atoms with Crippen molar-refractivity contribution >= 4 is 23.2 Å². The standard InChI is InChI=1S/C40H46Cl2N2O2/c1-29-33(27-45-39-17-15-31(23-37(39)41)25-43-19-5-3-6-20-43)11-9-13-35(29)36-14-10-12-34(30(36)2)28-46-40-18-16-32(24-38(40)42)26-44-21-7-4-8-22-44/h9-18,23-24H,3-8,19-22,25-28H2,1-2H3. The van der Waals surface area contributed by atoms with Crippen LogP contribution >= 0.6 is 23.2 Å². The van der Waals surface area contributed by atoms with Gasteiger partial charge in [0, 0.05) is 13.1 Å². The summed E-state index contributed by atoms with van der Waals surface area (Å²) in [7, 11) is 0. The SMILES string of the molecule is Cc1c(COc2ccc(CN3CCCCC3)cc2Cl)cccc1-c1cccc(COc2ccc(CN3CCCCC3)cc2Cl)c1C. The van der Waals surface area contributed by atoms with Crippen molar-refractivity contribution in [3.63, 3.8) is 0 Å². The minimum Gasteiger partial charge on any atom is -0.487 e. The molecule has 4 aromatic carbocycles. The predicted octanol–water partition coefficient (Wildman–Crippen LogP) is 10.4. The van der Waals surface area contributed by atoms with Crippen LogP contribution < -0.4 is 9.47 Å². The molecule has 4 nitrogen and oxygen atoms in total. The minimum atomic E-state index is 0.457. The van der Waals surface area contributed by atoms with Gasteiger partial charge in [-0.15, -0.1) is 0 Å². The summed E-state index contributed by atoms with van der Waals surface area (Å²) >= 11 is 13.4. The number of likely N-dealkylation sites (tertiary alicyclic amines) is 2. The van der Waals surface area contributed by atoms with Gasteiger partial charge in [0.2, 0.25) is 0 Å². The summed E-state index contributed by atoms with van der Waals surface area (Å²) in [5, 5.41) is 1.34. The van der Waals surface area contributed by atoms with Gasteiger partial charge in [0.05, 0.1) is 10.0 Å². The molecular formula is C40H46Cl2N2O2. The average molecular weight is 658 g/mol. The molecule has 0 aromatic heterocycles. The first-order valence-electron chi connectivity index (χ1n) is 16.9. The number of halogens is 2. The fourth-order valence-corrected chi connectivity index (χ4v) is 7.36. The predicted molar refractivity (Wildman–Crippen MR) is 191 cm³/mol. The molecule has 4 aromatic rings. The summed E-state index contributed by atoms with van der Waals surface area (Å²) in [5.41, 5.74) is 9.56. The Labute approximate surface area is 285 Å². The molecule has 0 saturated carbocycles. The number of piperidine rings is 2. The second-order valence-electron chi connectivity index (χ2n) is 13.0. The smallest absolute Gasteiger partial charge is 0.138 e. The van der Waals surface area contributed by atoms with E-state index in [0.717, 1.165) is 35.7 Å². The Morgan fingerprint density at radius 3 is 1.35 bits per heavy atom. The lowest BCUT2D eigenvalue weighted by molar-refractivity contribution is 0.221. The zero-order chi connectivity index (χ0) is 31.9. The molecule has 2 aliphatic rings. The third-order valence-electron chi connectivity index (χ3n) is 9.65. The molecule has 0 N–H and O–H groups in total. The Morgan fingerprint density at radius 2 is 0.957 bits per heavy atom. The van der Waals surface area contributed by atoms with E-state index in [1.54, 1.807) is 0 Å². The maximum absolute atomic E-state index is 6.68. The Morgan fingerprint density at radius 1 is 0.543 bits per heavy atom. The first kappa shape index (κ1) is 32.9. The summed E-state index contributed by atoms with van der Waals surface area (Å²) < 4.78 is 12.5. The van der Waals surface area contributed by atoms with Crippen molar-refractivity contribution in [2.75, 3.05) is 26.2 Å². The lowest BCUT2D eigenvalue weighted by atomic mass is 9.92. The summed E-state index contributed by atoms with van der Waals surface area (Å²) in [4.78, 5) is 5.02. The molecule has 0 amide bonds. The van der Waals surface area contributed by atoms with Crippen LogP contribution in [-0.2, 0) is 26.3 Å². The molecule has 46 heavy (non-hydrogen) atoms. The molecule has 2 aliphatic heterocycles. The van der Waals surface area contributed by atoms with Gasteiger partial charge < -0.3 is 9.47 Å². The molecule has 0 bridgehead atoms. The highest BCUT2D eigenvalue weighted by Crippen LogP contribution is 2.33. The molecular weight excluding hydrogens is 611 g/mol. The average Bonchev–Trinajstić information content (AvgIpc) is 3.06. The first-order valence-corrected chi connectivity index (χ1v) is 17.6. The van der Waals surface area contributed by atoms with E-state index in [2.05, 4.69) is 84.3 Å². The molecule has 2 saturated heterocycles. The molecule has 2 fully saturated rings. The van der Waals surface area contributed by atoms with Crippen molar-refractivity contribution in [1.29, 1.82) is 0 Å². The maximum Gasteiger partial charge on any atom is 0.138 e. The molecule has 6 heteroatoms. The van der Waals surface area contributed by atoms with Crippen LogP contribution in [0.15, 0.2) is 72.8 Å². The van der Waals surface area contributed by atoms with E-state index in [1.807, 2.05) is 12.1 Å². The molecule has 0 spiro atoms. The number of benzene rings is 4. The van der Waals surface area contributed by atoms with E-state index >= 15 is 0 Å². The van der Waals surface area contributed by atoms with Gasteiger partial charge >= 0.3 is 0 Å². The third kappa shape index (κ3) is 8.27. The quantitative estimate of drug-likeness (QED) is 0.160. The van der Waals surface area contributed by atoms with Crippen molar-refractivity contribution < 1.29 is 9.47 Å². The number of ether oxygens (including phenoxy) is 2. The van der Waals surface area contributed by atoms with E-state index < -0.39 is 0 Å². The number of hydrogen-bond donors (Lipinski definition) is 0. The van der Waals surface area contributed by atoms with Crippen molar-refractivity contribution in [3.8, 4) is 22.6 Å². The fourth-order valence-electron chi connectivity index (χ4n) is 6.85. The monoisotopic (exact) mass is 656 g/mol. The minimum absolute atomic E-state index is 0.457. The molecule has 2 heterocycles. The maximum atomic E-state index is 6.68. The molecule has 242 valence electrons. The highest BCUT2D eigenvalue weighted by Gasteiger charge is 2.16. The van der Waals surface area contributed by atoms with Crippen LogP contribution in [0.5, 0.6) is 11.5 Å². The van der Waals surface area contributed by atoms with Crippen LogP contribution in [0, 0.1) is 13.8 Å². The van der Waals surface area contributed by atoms with Crippen molar-refractivity contribution in [3.05, 3.63) is 116 Å². The second kappa shape index (κ2) is 15.7. The first-order chi connectivity index (χ1) is 22.4. The van der Waals surface area contributed by atoms with E-state index in [1.165, 1.54) is 98.1 Å². The molecule has 0 unspecified atom stereocenters. The molecule has 0 radical (unpaired) electrons. The summed E-state index contributed by atoms with van der Waals surface area (Å²) in [6, 6.07) is 25.3. The Bertz CT molecular complexity index is 1510. The van der Waals surface area contributed by atoms with Gasteiger partial charge in [0.25, 0.3) is 0 Å². The van der Waals surface area contributed by atoms with Gasteiger partial charge in [-0.25, -0.2) is 0 Å². The van der Waals surface area contributed by atoms with Crippen LogP contribution in [0.2, 0.25) is 10.0 Å². The zero-order valence-electron chi connectivity index (χ0n) is 27.3. The highest BCUT2D eigenvalue weighted by molar-refractivity contribution is 6.32. The van der Waals surface area contributed by atoms with Crippen molar-refractivity contribution in [1.82, 2.24) is 9.80 Å². The highest BCUT2D eigenvalue weighted by atomic mass is 35.5. The van der Waals surface area contributed by atoms with E-state index in [9.17, 15) is 0 Å². The van der Waals surface area contributed by atoms with Crippen LogP contribution in [-0.4, -0.2) is 36.0 Å². The number of nitrogens with zero attached hydrogens (tertiary/aromatic N) is 2.